The van der Waals surface area contributed by atoms with E-state index in [0.29, 0.717) is 0 Å². The number of carboxylic acids is 6. The summed E-state index contributed by atoms with van der Waals surface area (Å²) in [6.07, 6.45) is 0. The zero-order valence-electron chi connectivity index (χ0n) is 11.4. The molecule has 0 heterocycles. The van der Waals surface area contributed by atoms with Crippen LogP contribution in [0.25, 0.3) is 0 Å². The van der Waals surface area contributed by atoms with Gasteiger partial charge in [0.2, 0.25) is 0 Å². The number of carboxylic acid groups (broad SMARTS) is 6. The molecule has 0 aliphatic rings. The second kappa shape index (κ2) is 32.6. The number of rotatable bonds is 0. The average Bonchev–Trinajstić information content (AvgIpc) is 2.18. The topological polar surface area (TPSA) is 381 Å². The molecule has 0 aromatic rings. The number of carbonyl (C=O) groups excluding carboxylic acids is 6. The fourth-order valence-corrected chi connectivity index (χ4v) is 0. The molecule has 12 N–H and O–H groups in total. The van der Waals surface area contributed by atoms with Gasteiger partial charge in [0.25, 0.3) is 0 Å². The maximum Gasteiger partial charge on any atom is 3.00 e. The van der Waals surface area contributed by atoms with E-state index in [-0.39, 0.29) is 58.2 Å². The predicted octanol–water partition coefficient (Wildman–Crippen LogP) is -9.90. The third-order valence-corrected chi connectivity index (χ3v) is 0.500. The van der Waals surface area contributed by atoms with Crippen LogP contribution >= 0.6 is 0 Å². The van der Waals surface area contributed by atoms with Gasteiger partial charge in [0.05, 0.1) is 35.8 Å². The summed E-state index contributed by atoms with van der Waals surface area (Å²) in [5, 5.41) is 53.6. The van der Waals surface area contributed by atoms with Crippen LogP contribution in [-0.2, 0) is 62.3 Å². The molecule has 0 aliphatic heterocycles. The van der Waals surface area contributed by atoms with Gasteiger partial charge in [-0.1, -0.05) is 0 Å². The molecule has 0 saturated heterocycles. The first-order valence-corrected chi connectivity index (χ1v) is 3.20. The standard InChI is InChI=1S/3C2H2O4.2Co.4H3N/c3*3-1(4)2(5)6;;;;;;/h3*(H,3,4)(H,5,6);;;4*1H3/q;;;2*+3;;;;/p-6. The van der Waals surface area contributed by atoms with Crippen molar-refractivity contribution in [1.82, 2.24) is 24.6 Å². The smallest absolute Gasteiger partial charge is 0.543 e. The number of hydrogen-bond donors (Lipinski definition) is 4. The van der Waals surface area contributed by atoms with Gasteiger partial charge >= 0.3 is 33.6 Å². The van der Waals surface area contributed by atoms with Gasteiger partial charge in [-0.2, -0.15) is 0 Å². The quantitative estimate of drug-likeness (QED) is 0.249. The summed E-state index contributed by atoms with van der Waals surface area (Å²) in [5.41, 5.74) is 0. The molecule has 0 aliphatic carbocycles. The molecule has 0 rings (SSSR count). The average molecular weight is 450 g/mol. The Kier molecular flexibility index (Phi) is 78.3. The van der Waals surface area contributed by atoms with Gasteiger partial charge in [-0.15, -0.1) is 0 Å². The van der Waals surface area contributed by atoms with Crippen molar-refractivity contribution < 1.29 is 93.0 Å². The maximum absolute atomic E-state index is 8.93. The molecule has 0 fully saturated rings. The molecule has 0 bridgehead atoms. The Morgan fingerprint density at radius 3 is 0.375 bits per heavy atom. The number of hydrogen-bond acceptors (Lipinski definition) is 16. The summed E-state index contributed by atoms with van der Waals surface area (Å²) in [6, 6.07) is 0. The first-order chi connectivity index (χ1) is 7.93. The van der Waals surface area contributed by atoms with E-state index in [4.69, 9.17) is 59.4 Å². The summed E-state index contributed by atoms with van der Waals surface area (Å²) in [6.45, 7) is 0. The molecule has 16 nitrogen and oxygen atoms in total. The normalized spacial score (nSPS) is 5.50. The molecule has 0 radical (unpaired) electrons. The van der Waals surface area contributed by atoms with Crippen LogP contribution in [-0.4, -0.2) is 35.8 Å². The molecule has 24 heavy (non-hydrogen) atoms. The van der Waals surface area contributed by atoms with Gasteiger partial charge < -0.3 is 84.0 Å². The minimum Gasteiger partial charge on any atom is -0.543 e. The summed E-state index contributed by atoms with van der Waals surface area (Å²) in [5.74, 6) is -13.1. The fraction of sp³-hybridized carbons (Fsp3) is 0. The van der Waals surface area contributed by atoms with Crippen molar-refractivity contribution in [2.24, 2.45) is 0 Å². The van der Waals surface area contributed by atoms with Crippen LogP contribution in [0.2, 0.25) is 0 Å². The van der Waals surface area contributed by atoms with Crippen molar-refractivity contribution in [2.75, 3.05) is 0 Å². The minimum absolute atomic E-state index is 0. The SMILES string of the molecule is N.N.N.N.O=C([O-])C(=O)[O-].O=C([O-])C(=O)[O-].O=C([O-])C(=O)[O-].[Co+3].[Co+3]. The van der Waals surface area contributed by atoms with Gasteiger partial charge in [-0.05, 0) is 0 Å². The fourth-order valence-electron chi connectivity index (χ4n) is 0. The van der Waals surface area contributed by atoms with E-state index in [0.717, 1.165) is 0 Å². The largest absolute Gasteiger partial charge is 3.00 e. The monoisotopic (exact) mass is 450 g/mol. The van der Waals surface area contributed by atoms with Crippen LogP contribution in [0.4, 0.5) is 0 Å². The Balaban J connectivity index is -0.0000000179. The van der Waals surface area contributed by atoms with Gasteiger partial charge in [-0.25, -0.2) is 0 Å². The van der Waals surface area contributed by atoms with Crippen molar-refractivity contribution in [3.63, 3.8) is 0 Å². The predicted molar refractivity (Wildman–Crippen MR) is 50.1 cm³/mol. The Morgan fingerprint density at radius 2 is 0.375 bits per heavy atom. The van der Waals surface area contributed by atoms with Gasteiger partial charge in [0.15, 0.2) is 0 Å². The Labute approximate surface area is 153 Å². The second-order valence-electron chi connectivity index (χ2n) is 1.72. The number of aliphatic carboxylic acids is 6. The Morgan fingerprint density at radius 1 is 0.333 bits per heavy atom. The molecule has 0 amide bonds. The maximum atomic E-state index is 8.93. The van der Waals surface area contributed by atoms with E-state index >= 15 is 0 Å². The van der Waals surface area contributed by atoms with Crippen LogP contribution in [0.5, 0.6) is 0 Å². The summed E-state index contributed by atoms with van der Waals surface area (Å²) < 4.78 is 0. The van der Waals surface area contributed by atoms with Crippen molar-refractivity contribution >= 4 is 35.8 Å². The van der Waals surface area contributed by atoms with Crippen molar-refractivity contribution in [3.8, 4) is 0 Å². The van der Waals surface area contributed by atoms with E-state index in [1.54, 1.807) is 0 Å². The van der Waals surface area contributed by atoms with E-state index in [9.17, 15) is 0 Å². The molecular weight excluding hydrogens is 438 g/mol. The third kappa shape index (κ3) is 73.3. The molecule has 0 saturated carbocycles. The molecular formula is C6H12Co2N4O12. The van der Waals surface area contributed by atoms with Gasteiger partial charge in [-0.3, -0.25) is 0 Å². The second-order valence-corrected chi connectivity index (χ2v) is 1.72. The molecule has 0 aromatic carbocycles. The van der Waals surface area contributed by atoms with Crippen LogP contribution in [0, 0.1) is 0 Å². The summed E-state index contributed by atoms with van der Waals surface area (Å²) in [4.78, 5) is 53.6. The van der Waals surface area contributed by atoms with E-state index < -0.39 is 35.8 Å². The van der Waals surface area contributed by atoms with Crippen LogP contribution in [0.3, 0.4) is 0 Å². The minimum atomic E-state index is -2.19. The molecule has 0 unspecified atom stereocenters. The van der Waals surface area contributed by atoms with Crippen molar-refractivity contribution in [3.05, 3.63) is 0 Å². The molecule has 18 heteroatoms. The van der Waals surface area contributed by atoms with Gasteiger partial charge in [0, 0.05) is 0 Å². The molecule has 0 aromatic heterocycles. The summed E-state index contributed by atoms with van der Waals surface area (Å²) in [7, 11) is 0. The van der Waals surface area contributed by atoms with Crippen LogP contribution < -0.4 is 55.2 Å². The Hall–Kier alpha value is -2.33. The first-order valence-electron chi connectivity index (χ1n) is 3.20. The zero-order valence-corrected chi connectivity index (χ0v) is 13.5. The van der Waals surface area contributed by atoms with Crippen molar-refractivity contribution in [1.29, 1.82) is 0 Å². The third-order valence-electron chi connectivity index (χ3n) is 0.500. The van der Waals surface area contributed by atoms with Gasteiger partial charge in [0.1, 0.15) is 0 Å². The van der Waals surface area contributed by atoms with Crippen LogP contribution in [0.15, 0.2) is 0 Å². The zero-order chi connectivity index (χ0) is 15.5. The van der Waals surface area contributed by atoms with Crippen molar-refractivity contribution in [2.45, 2.75) is 0 Å². The summed E-state index contributed by atoms with van der Waals surface area (Å²) >= 11 is 0. The first kappa shape index (κ1) is 57.7. The molecule has 0 spiro atoms. The van der Waals surface area contributed by atoms with E-state index in [2.05, 4.69) is 0 Å². The van der Waals surface area contributed by atoms with E-state index in [1.807, 2.05) is 0 Å². The van der Waals surface area contributed by atoms with Crippen LogP contribution in [0.1, 0.15) is 0 Å². The van der Waals surface area contributed by atoms with E-state index in [1.165, 1.54) is 0 Å². The molecule has 146 valence electrons. The number of carbonyl (C=O) groups is 6. The Bertz CT molecular complexity index is 297. The molecule has 0 atom stereocenters.